The van der Waals surface area contributed by atoms with E-state index in [1.165, 1.54) is 0 Å². The van der Waals surface area contributed by atoms with Gasteiger partial charge in [0.15, 0.2) is 0 Å². The molecule has 1 heterocycles. The van der Waals surface area contributed by atoms with Crippen molar-refractivity contribution >= 4 is 11.6 Å². The van der Waals surface area contributed by atoms with Crippen LogP contribution in [0.2, 0.25) is 0 Å². The van der Waals surface area contributed by atoms with Crippen LogP contribution in [-0.2, 0) is 13.5 Å². The summed E-state index contributed by atoms with van der Waals surface area (Å²) in [6, 6.07) is 0. The Morgan fingerprint density at radius 3 is 2.91 bits per heavy atom. The van der Waals surface area contributed by atoms with E-state index in [0.717, 1.165) is 12.2 Å². The molecule has 0 saturated heterocycles. The predicted octanol–water partition coefficient (Wildman–Crippen LogP) is 1.23. The van der Waals surface area contributed by atoms with Crippen molar-refractivity contribution in [3.8, 4) is 0 Å². The van der Waals surface area contributed by atoms with Gasteiger partial charge in [-0.25, -0.2) is 0 Å². The number of aryl methyl sites for hydroxylation is 1. The monoisotopic (exact) mass is 173 g/mol. The summed E-state index contributed by atoms with van der Waals surface area (Å²) >= 11 is 5.66. The fourth-order valence-electron chi connectivity index (χ4n) is 0.858. The summed E-state index contributed by atoms with van der Waals surface area (Å²) in [5.41, 5.74) is 0. The first-order valence-electron chi connectivity index (χ1n) is 3.63. The van der Waals surface area contributed by atoms with Crippen molar-refractivity contribution < 1.29 is 0 Å². The van der Waals surface area contributed by atoms with Gasteiger partial charge in [-0.2, -0.15) is 0 Å². The molecule has 0 aliphatic rings. The quantitative estimate of drug-likeness (QED) is 0.644. The second kappa shape index (κ2) is 3.72. The van der Waals surface area contributed by atoms with Crippen LogP contribution in [-0.4, -0.2) is 20.6 Å². The van der Waals surface area contributed by atoms with Crippen molar-refractivity contribution in [1.29, 1.82) is 0 Å². The summed E-state index contributed by atoms with van der Waals surface area (Å²) in [6.45, 7) is 2.10. The van der Waals surface area contributed by atoms with Crippen LogP contribution in [0.5, 0.6) is 0 Å². The minimum absolute atomic E-state index is 0.472. The molecule has 1 aromatic rings. The van der Waals surface area contributed by atoms with Gasteiger partial charge in [0.2, 0.25) is 0 Å². The third-order valence-corrected chi connectivity index (χ3v) is 2.13. The molecule has 1 atom stereocenters. The van der Waals surface area contributed by atoms with E-state index in [1.807, 2.05) is 11.6 Å². The maximum atomic E-state index is 5.66. The maximum Gasteiger partial charge on any atom is 0.132 e. The maximum absolute atomic E-state index is 5.66. The lowest BCUT2D eigenvalue weighted by Gasteiger charge is -2.04. The van der Waals surface area contributed by atoms with Gasteiger partial charge in [0.25, 0.3) is 0 Å². The van der Waals surface area contributed by atoms with Crippen molar-refractivity contribution in [2.75, 3.05) is 5.88 Å². The van der Waals surface area contributed by atoms with Crippen molar-refractivity contribution in [3.05, 3.63) is 12.2 Å². The van der Waals surface area contributed by atoms with Gasteiger partial charge < -0.3 is 4.57 Å². The van der Waals surface area contributed by atoms with E-state index in [0.29, 0.717) is 11.8 Å². The van der Waals surface area contributed by atoms with Crippen LogP contribution in [0.4, 0.5) is 0 Å². The van der Waals surface area contributed by atoms with Gasteiger partial charge in [-0.1, -0.05) is 6.92 Å². The van der Waals surface area contributed by atoms with Crippen LogP contribution in [0.25, 0.3) is 0 Å². The Balaban J connectivity index is 2.56. The van der Waals surface area contributed by atoms with Gasteiger partial charge in [0.1, 0.15) is 12.2 Å². The van der Waals surface area contributed by atoms with Gasteiger partial charge in [0.05, 0.1) is 0 Å². The highest BCUT2D eigenvalue weighted by atomic mass is 35.5. The molecular weight excluding hydrogens is 162 g/mol. The minimum Gasteiger partial charge on any atom is -0.321 e. The number of rotatable bonds is 3. The Labute approximate surface area is 71.4 Å². The first-order valence-corrected chi connectivity index (χ1v) is 4.16. The van der Waals surface area contributed by atoms with E-state index in [1.54, 1.807) is 6.33 Å². The molecule has 4 heteroatoms. The van der Waals surface area contributed by atoms with Crippen molar-refractivity contribution in [2.45, 2.75) is 13.3 Å². The molecule has 11 heavy (non-hydrogen) atoms. The molecule has 62 valence electrons. The van der Waals surface area contributed by atoms with E-state index >= 15 is 0 Å². The molecule has 0 aromatic carbocycles. The van der Waals surface area contributed by atoms with Crippen molar-refractivity contribution in [2.24, 2.45) is 13.0 Å². The van der Waals surface area contributed by atoms with E-state index in [-0.39, 0.29) is 0 Å². The molecule has 1 rings (SSSR count). The molecule has 3 nitrogen and oxygen atoms in total. The third-order valence-electron chi connectivity index (χ3n) is 1.60. The summed E-state index contributed by atoms with van der Waals surface area (Å²) in [5.74, 6) is 2.14. The lowest BCUT2D eigenvalue weighted by Crippen LogP contribution is -2.06. The Kier molecular flexibility index (Phi) is 2.88. The molecule has 0 saturated carbocycles. The minimum atomic E-state index is 0.472. The molecule has 0 radical (unpaired) electrons. The van der Waals surface area contributed by atoms with Crippen LogP contribution >= 0.6 is 11.6 Å². The number of hydrogen-bond acceptors (Lipinski definition) is 2. The second-order valence-corrected chi connectivity index (χ2v) is 3.13. The number of nitrogens with zero attached hydrogens (tertiary/aromatic N) is 3. The van der Waals surface area contributed by atoms with Gasteiger partial charge in [-0.05, 0) is 5.92 Å². The summed E-state index contributed by atoms with van der Waals surface area (Å²) < 4.78 is 1.92. The lowest BCUT2D eigenvalue weighted by molar-refractivity contribution is 0.606. The van der Waals surface area contributed by atoms with Gasteiger partial charge in [0, 0.05) is 19.3 Å². The fraction of sp³-hybridized carbons (Fsp3) is 0.714. The van der Waals surface area contributed by atoms with E-state index in [9.17, 15) is 0 Å². The van der Waals surface area contributed by atoms with Crippen LogP contribution in [0, 0.1) is 5.92 Å². The molecule has 0 fully saturated rings. The zero-order valence-electron chi connectivity index (χ0n) is 6.79. The Bertz CT molecular complexity index is 221. The highest BCUT2D eigenvalue weighted by molar-refractivity contribution is 6.18. The van der Waals surface area contributed by atoms with E-state index < -0.39 is 0 Å². The zero-order chi connectivity index (χ0) is 8.27. The van der Waals surface area contributed by atoms with Crippen molar-refractivity contribution in [3.63, 3.8) is 0 Å². The molecule has 1 aromatic heterocycles. The SMILES string of the molecule is CC(CCl)Cc1nncn1C. The van der Waals surface area contributed by atoms with E-state index in [2.05, 4.69) is 17.1 Å². The lowest BCUT2D eigenvalue weighted by atomic mass is 10.1. The summed E-state index contributed by atoms with van der Waals surface area (Å²) in [7, 11) is 1.94. The zero-order valence-corrected chi connectivity index (χ0v) is 7.54. The van der Waals surface area contributed by atoms with Crippen LogP contribution < -0.4 is 0 Å². The average Bonchev–Trinajstić information content (AvgIpc) is 2.37. The Morgan fingerprint density at radius 1 is 1.73 bits per heavy atom. The summed E-state index contributed by atoms with van der Waals surface area (Å²) in [6.07, 6.45) is 2.61. The molecule has 0 spiro atoms. The first kappa shape index (κ1) is 8.53. The highest BCUT2D eigenvalue weighted by Crippen LogP contribution is 2.05. The van der Waals surface area contributed by atoms with E-state index in [4.69, 9.17) is 11.6 Å². The standard InChI is InChI=1S/C7H12ClN3/c1-6(4-8)3-7-10-9-5-11(7)2/h5-6H,3-4H2,1-2H3. The average molecular weight is 174 g/mol. The summed E-state index contributed by atoms with van der Waals surface area (Å²) in [4.78, 5) is 0. The molecule has 0 aliphatic heterocycles. The number of halogens is 1. The second-order valence-electron chi connectivity index (χ2n) is 2.82. The Hall–Kier alpha value is -0.570. The van der Waals surface area contributed by atoms with Crippen LogP contribution in [0.15, 0.2) is 6.33 Å². The normalized spacial score (nSPS) is 13.4. The fourth-order valence-corrected chi connectivity index (χ4v) is 0.967. The smallest absolute Gasteiger partial charge is 0.132 e. The number of aromatic nitrogens is 3. The van der Waals surface area contributed by atoms with Gasteiger partial charge >= 0.3 is 0 Å². The largest absolute Gasteiger partial charge is 0.321 e. The molecule has 1 unspecified atom stereocenters. The number of alkyl halides is 1. The topological polar surface area (TPSA) is 30.7 Å². The number of hydrogen-bond donors (Lipinski definition) is 0. The molecule has 0 amide bonds. The van der Waals surface area contributed by atoms with Crippen molar-refractivity contribution in [1.82, 2.24) is 14.8 Å². The van der Waals surface area contributed by atoms with Crippen LogP contribution in [0.1, 0.15) is 12.7 Å². The predicted molar refractivity (Wildman–Crippen MR) is 44.6 cm³/mol. The highest BCUT2D eigenvalue weighted by Gasteiger charge is 2.05. The molecule has 0 aliphatic carbocycles. The molecule has 0 bridgehead atoms. The first-order chi connectivity index (χ1) is 5.24. The van der Waals surface area contributed by atoms with Crippen LogP contribution in [0.3, 0.4) is 0 Å². The molecular formula is C7H12ClN3. The van der Waals surface area contributed by atoms with Gasteiger partial charge in [-0.15, -0.1) is 21.8 Å². The Morgan fingerprint density at radius 2 is 2.45 bits per heavy atom. The third kappa shape index (κ3) is 2.19. The summed E-state index contributed by atoms with van der Waals surface area (Å²) in [5, 5.41) is 7.74. The van der Waals surface area contributed by atoms with Gasteiger partial charge in [-0.3, -0.25) is 0 Å². The molecule has 0 N–H and O–H groups in total.